The summed E-state index contributed by atoms with van der Waals surface area (Å²) >= 11 is 0. The van der Waals surface area contributed by atoms with E-state index in [0.29, 0.717) is 5.69 Å². The minimum atomic E-state index is -2.29. The maximum absolute atomic E-state index is 10.3. The maximum atomic E-state index is 10.3. The van der Waals surface area contributed by atoms with Gasteiger partial charge in [-0.05, 0) is 24.3 Å². The van der Waals surface area contributed by atoms with E-state index in [1.54, 1.807) is 12.1 Å². The normalized spacial score (nSPS) is 8.47. The van der Waals surface area contributed by atoms with Crippen LogP contribution in [0.4, 0.5) is 18.9 Å². The largest absolute Gasteiger partial charge is 0.478 e. The van der Waals surface area contributed by atoms with Crippen LogP contribution >= 0.6 is 0 Å². The summed E-state index contributed by atoms with van der Waals surface area (Å²) in [6.45, 7) is 0. The predicted molar refractivity (Wildman–Crippen MR) is 49.2 cm³/mol. The summed E-state index contributed by atoms with van der Waals surface area (Å²) < 4.78 is 30.7. The molecule has 0 bridgehead atoms. The first-order valence-electron chi connectivity index (χ1n) is 3.67. The Morgan fingerprint density at radius 2 is 1.67 bits per heavy atom. The van der Waals surface area contributed by atoms with Crippen LogP contribution in [0.15, 0.2) is 36.7 Å². The van der Waals surface area contributed by atoms with Crippen LogP contribution in [0.5, 0.6) is 0 Å². The summed E-state index contributed by atoms with van der Waals surface area (Å²) in [5, 5.41) is 8.43. The molecule has 0 aromatic heterocycles. The highest BCUT2D eigenvalue weighted by molar-refractivity contribution is 5.87. The second-order valence-electron chi connectivity index (χ2n) is 2.33. The molecule has 0 saturated carbocycles. The van der Waals surface area contributed by atoms with Gasteiger partial charge >= 0.3 is 5.97 Å². The van der Waals surface area contributed by atoms with E-state index in [-0.39, 0.29) is 5.56 Å². The van der Waals surface area contributed by atoms with Crippen molar-refractivity contribution in [2.24, 2.45) is 0 Å². The molecule has 1 aromatic rings. The lowest BCUT2D eigenvalue weighted by Gasteiger charge is -1.93. The monoisotopic (exact) mass is 219 g/mol. The Balaban J connectivity index is 0.000000336. The number of nitrogens with two attached hydrogens (primary N) is 1. The standard InChI is InChI=1S/C7H7NO2.C2HF3/c8-6-3-1-5(2-4-6)7(9)10;3-1-2(4)5/h1-4H,8H2,(H,9,10);1H. The van der Waals surface area contributed by atoms with Gasteiger partial charge in [0.15, 0.2) is 6.33 Å². The molecule has 0 radical (unpaired) electrons. The molecule has 0 aliphatic rings. The summed E-state index contributed by atoms with van der Waals surface area (Å²) in [4.78, 5) is 10.3. The van der Waals surface area contributed by atoms with Gasteiger partial charge < -0.3 is 10.8 Å². The van der Waals surface area contributed by atoms with Crippen LogP contribution < -0.4 is 5.73 Å². The topological polar surface area (TPSA) is 63.3 Å². The average Bonchev–Trinajstić information content (AvgIpc) is 2.19. The number of carbonyl (C=O) groups is 1. The van der Waals surface area contributed by atoms with Crippen LogP contribution in [0.1, 0.15) is 10.4 Å². The van der Waals surface area contributed by atoms with Crippen molar-refractivity contribution in [1.29, 1.82) is 0 Å². The van der Waals surface area contributed by atoms with Gasteiger partial charge in [0.2, 0.25) is 0 Å². The Morgan fingerprint density at radius 3 is 1.93 bits per heavy atom. The number of aromatic carboxylic acids is 1. The van der Waals surface area contributed by atoms with E-state index in [9.17, 15) is 18.0 Å². The minimum Gasteiger partial charge on any atom is -0.478 e. The molecular formula is C9H8F3NO2. The van der Waals surface area contributed by atoms with Crippen LogP contribution in [-0.4, -0.2) is 11.1 Å². The van der Waals surface area contributed by atoms with Gasteiger partial charge in [-0.1, -0.05) is 0 Å². The highest BCUT2D eigenvalue weighted by Crippen LogP contribution is 2.04. The first-order valence-corrected chi connectivity index (χ1v) is 3.67. The molecule has 0 fully saturated rings. The fraction of sp³-hybridized carbons (Fsp3) is 0. The number of halogens is 3. The zero-order valence-corrected chi connectivity index (χ0v) is 7.45. The first-order chi connectivity index (χ1) is 6.97. The van der Waals surface area contributed by atoms with Gasteiger partial charge in [0.05, 0.1) is 5.56 Å². The van der Waals surface area contributed by atoms with Crippen LogP contribution in [0.3, 0.4) is 0 Å². The SMILES string of the molecule is FC=C(F)F.Nc1ccc(C(=O)O)cc1. The molecule has 3 N–H and O–H groups in total. The van der Waals surface area contributed by atoms with Crippen LogP contribution in [0, 0.1) is 0 Å². The summed E-state index contributed by atoms with van der Waals surface area (Å²) in [6, 6.07) is 6.06. The molecule has 1 aromatic carbocycles. The van der Waals surface area contributed by atoms with Gasteiger partial charge in [0.25, 0.3) is 6.08 Å². The summed E-state index contributed by atoms with van der Waals surface area (Å²) in [5.74, 6) is -0.931. The molecule has 0 aliphatic carbocycles. The van der Waals surface area contributed by atoms with E-state index >= 15 is 0 Å². The molecule has 6 heteroatoms. The van der Waals surface area contributed by atoms with E-state index < -0.39 is 18.4 Å². The van der Waals surface area contributed by atoms with Crippen LogP contribution in [0.2, 0.25) is 0 Å². The quantitative estimate of drug-likeness (QED) is 0.713. The van der Waals surface area contributed by atoms with E-state index in [1.807, 2.05) is 0 Å². The molecule has 0 amide bonds. The Bertz CT molecular complexity index is 345. The van der Waals surface area contributed by atoms with Gasteiger partial charge in [0.1, 0.15) is 0 Å². The average molecular weight is 219 g/mol. The number of carboxylic acid groups (broad SMARTS) is 1. The van der Waals surface area contributed by atoms with Crippen molar-refractivity contribution in [1.82, 2.24) is 0 Å². The number of hydrogen-bond acceptors (Lipinski definition) is 2. The number of benzene rings is 1. The summed E-state index contributed by atoms with van der Waals surface area (Å²) in [7, 11) is 0. The number of hydrogen-bond donors (Lipinski definition) is 2. The highest BCUT2D eigenvalue weighted by Gasteiger charge is 1.98. The second kappa shape index (κ2) is 6.47. The fourth-order valence-corrected chi connectivity index (χ4v) is 0.626. The Hall–Kier alpha value is -1.98. The molecule has 1 rings (SSSR count). The van der Waals surface area contributed by atoms with E-state index in [1.165, 1.54) is 12.1 Å². The third-order valence-corrected chi connectivity index (χ3v) is 1.24. The zero-order valence-electron chi connectivity index (χ0n) is 7.45. The molecule has 3 nitrogen and oxygen atoms in total. The van der Waals surface area contributed by atoms with E-state index in [0.717, 1.165) is 0 Å². The number of nitrogen functional groups attached to an aromatic ring is 1. The second-order valence-corrected chi connectivity index (χ2v) is 2.33. The fourth-order valence-electron chi connectivity index (χ4n) is 0.626. The van der Waals surface area contributed by atoms with Crippen molar-refractivity contribution < 1.29 is 23.1 Å². The number of carboxylic acids is 1. The maximum Gasteiger partial charge on any atom is 0.335 e. The summed E-state index contributed by atoms with van der Waals surface area (Å²) in [5.41, 5.74) is 6.17. The molecule has 0 atom stereocenters. The lowest BCUT2D eigenvalue weighted by atomic mass is 10.2. The Kier molecular flexibility index (Phi) is 5.62. The van der Waals surface area contributed by atoms with Crippen molar-refractivity contribution >= 4 is 11.7 Å². The van der Waals surface area contributed by atoms with Crippen LogP contribution in [-0.2, 0) is 0 Å². The van der Waals surface area contributed by atoms with Gasteiger partial charge in [0, 0.05) is 5.69 Å². The minimum absolute atomic E-state index is 0.259. The molecule has 82 valence electrons. The van der Waals surface area contributed by atoms with Crippen molar-refractivity contribution in [3.05, 3.63) is 42.2 Å². The van der Waals surface area contributed by atoms with E-state index in [2.05, 4.69) is 0 Å². The Morgan fingerprint density at radius 1 is 1.27 bits per heavy atom. The molecule has 15 heavy (non-hydrogen) atoms. The van der Waals surface area contributed by atoms with Gasteiger partial charge in [-0.15, -0.1) is 0 Å². The smallest absolute Gasteiger partial charge is 0.335 e. The number of anilines is 1. The molecule has 0 unspecified atom stereocenters. The van der Waals surface area contributed by atoms with Crippen molar-refractivity contribution in [3.63, 3.8) is 0 Å². The van der Waals surface area contributed by atoms with Crippen molar-refractivity contribution in [2.45, 2.75) is 0 Å². The van der Waals surface area contributed by atoms with Gasteiger partial charge in [-0.2, -0.15) is 8.78 Å². The predicted octanol–water partition coefficient (Wildman–Crippen LogP) is 2.66. The highest BCUT2D eigenvalue weighted by atomic mass is 19.3. The van der Waals surface area contributed by atoms with Crippen molar-refractivity contribution in [2.75, 3.05) is 5.73 Å². The third-order valence-electron chi connectivity index (χ3n) is 1.24. The summed E-state index contributed by atoms with van der Waals surface area (Å²) in [6.07, 6.45) is -3.04. The van der Waals surface area contributed by atoms with Crippen molar-refractivity contribution in [3.8, 4) is 0 Å². The lowest BCUT2D eigenvalue weighted by molar-refractivity contribution is 0.0697. The van der Waals surface area contributed by atoms with Gasteiger partial charge in [-0.25, -0.2) is 9.18 Å². The Labute approximate surface area is 83.6 Å². The lowest BCUT2D eigenvalue weighted by Crippen LogP contribution is -1.95. The van der Waals surface area contributed by atoms with E-state index in [4.69, 9.17) is 10.8 Å². The molecule has 0 aliphatic heterocycles. The molecule has 0 spiro atoms. The zero-order chi connectivity index (χ0) is 11.8. The molecule has 0 saturated heterocycles. The first kappa shape index (κ1) is 13.0. The third kappa shape index (κ3) is 6.14. The van der Waals surface area contributed by atoms with Crippen LogP contribution in [0.25, 0.3) is 0 Å². The number of rotatable bonds is 1. The molecular weight excluding hydrogens is 211 g/mol. The van der Waals surface area contributed by atoms with Gasteiger partial charge in [-0.3, -0.25) is 0 Å². The molecule has 0 heterocycles.